The number of benzene rings is 2. The predicted molar refractivity (Wildman–Crippen MR) is 104 cm³/mol. The van der Waals surface area contributed by atoms with Gasteiger partial charge in [0.1, 0.15) is 11.6 Å². The van der Waals surface area contributed by atoms with Crippen LogP contribution in [0.1, 0.15) is 20.7 Å². The quantitative estimate of drug-likeness (QED) is 0.759. The van der Waals surface area contributed by atoms with Crippen LogP contribution in [0.5, 0.6) is 0 Å². The third-order valence-electron chi connectivity index (χ3n) is 6.09. The molecule has 0 bridgehead atoms. The number of nitrogens with zero attached hydrogens (tertiary/aromatic N) is 2. The van der Waals surface area contributed by atoms with E-state index in [1.807, 2.05) is 4.90 Å². The van der Waals surface area contributed by atoms with E-state index in [1.165, 1.54) is 31.3 Å². The van der Waals surface area contributed by atoms with Crippen molar-refractivity contribution in [2.24, 2.45) is 11.8 Å². The van der Waals surface area contributed by atoms with Crippen LogP contribution < -0.4 is 15.5 Å². The Hall–Kier alpha value is -3.49. The normalized spacial score (nSPS) is 24.0. The number of urea groups is 1. The van der Waals surface area contributed by atoms with Crippen molar-refractivity contribution in [1.29, 1.82) is 0 Å². The zero-order valence-corrected chi connectivity index (χ0v) is 16.0. The lowest BCUT2D eigenvalue weighted by Crippen LogP contribution is -2.37. The van der Waals surface area contributed by atoms with Crippen molar-refractivity contribution < 1.29 is 23.2 Å². The first-order valence-corrected chi connectivity index (χ1v) is 9.57. The number of amides is 4. The smallest absolute Gasteiger partial charge is 0.319 e. The Morgan fingerprint density at radius 2 is 1.70 bits per heavy atom. The van der Waals surface area contributed by atoms with Crippen LogP contribution in [0.25, 0.3) is 0 Å². The summed E-state index contributed by atoms with van der Waals surface area (Å²) in [5.74, 6) is -1.56. The number of hydrogen-bond donors (Lipinski definition) is 2. The minimum atomic E-state index is -0.610. The lowest BCUT2D eigenvalue weighted by Gasteiger charge is -2.23. The number of halogens is 2. The highest BCUT2D eigenvalue weighted by Crippen LogP contribution is 2.47. The van der Waals surface area contributed by atoms with E-state index in [0.29, 0.717) is 30.0 Å². The molecule has 5 rings (SSSR count). The molecule has 1 aliphatic carbocycles. The Balaban J connectivity index is 1.18. The van der Waals surface area contributed by atoms with E-state index in [-0.39, 0.29) is 29.3 Å². The average molecular weight is 412 g/mol. The summed E-state index contributed by atoms with van der Waals surface area (Å²) < 4.78 is 27.0. The third kappa shape index (κ3) is 2.89. The van der Waals surface area contributed by atoms with Gasteiger partial charge >= 0.3 is 6.03 Å². The maximum Gasteiger partial charge on any atom is 0.319 e. The average Bonchev–Trinajstić information content (AvgIpc) is 3.05. The fourth-order valence-electron chi connectivity index (χ4n) is 4.43. The molecule has 1 saturated heterocycles. The molecule has 2 N–H and O–H groups in total. The number of nitrogens with one attached hydrogen (secondary N) is 2. The van der Waals surface area contributed by atoms with Gasteiger partial charge in [-0.15, -0.1) is 0 Å². The van der Waals surface area contributed by atoms with Gasteiger partial charge in [-0.05, 0) is 30.3 Å². The number of imide groups is 1. The van der Waals surface area contributed by atoms with Crippen molar-refractivity contribution in [3.8, 4) is 0 Å². The van der Waals surface area contributed by atoms with E-state index in [9.17, 15) is 23.2 Å². The zero-order chi connectivity index (χ0) is 21.2. The molecular weight excluding hydrogens is 394 g/mol. The van der Waals surface area contributed by atoms with Gasteiger partial charge in [0, 0.05) is 49.8 Å². The molecular formula is C21H18F2N4O3. The molecule has 2 aromatic rings. The fourth-order valence-corrected chi connectivity index (χ4v) is 4.43. The molecule has 2 aromatic carbocycles. The van der Waals surface area contributed by atoms with E-state index in [4.69, 9.17) is 0 Å². The SMILES string of the molecule is CN1C(=O)c2ccc(NC(=O)NC3[C@@H]4CN(c5ccc(F)cc5F)C[C@@H]34)cc2C1=O. The molecule has 0 unspecified atom stereocenters. The number of carbonyl (C=O) groups excluding carboxylic acids is 3. The Bertz CT molecular complexity index is 1090. The first-order valence-electron chi connectivity index (χ1n) is 9.57. The van der Waals surface area contributed by atoms with Crippen molar-refractivity contribution >= 4 is 29.2 Å². The number of carbonyl (C=O) groups is 3. The molecule has 4 amide bonds. The zero-order valence-electron chi connectivity index (χ0n) is 16.0. The molecule has 30 heavy (non-hydrogen) atoms. The predicted octanol–water partition coefficient (Wildman–Crippen LogP) is 2.45. The molecule has 7 nitrogen and oxygen atoms in total. The summed E-state index contributed by atoms with van der Waals surface area (Å²) in [5, 5.41) is 5.60. The van der Waals surface area contributed by atoms with Gasteiger partial charge in [-0.25, -0.2) is 13.6 Å². The van der Waals surface area contributed by atoms with Crippen molar-refractivity contribution in [1.82, 2.24) is 10.2 Å². The second-order valence-corrected chi connectivity index (χ2v) is 7.88. The number of anilines is 2. The summed E-state index contributed by atoms with van der Waals surface area (Å²) in [6.45, 7) is 1.17. The van der Waals surface area contributed by atoms with Gasteiger partial charge in [0.2, 0.25) is 0 Å². The lowest BCUT2D eigenvalue weighted by atomic mass is 10.1. The van der Waals surface area contributed by atoms with Gasteiger partial charge in [-0.1, -0.05) is 0 Å². The Kier molecular flexibility index (Phi) is 4.02. The second-order valence-electron chi connectivity index (χ2n) is 7.88. The molecule has 1 saturated carbocycles. The number of hydrogen-bond acceptors (Lipinski definition) is 4. The molecule has 0 radical (unpaired) electrons. The molecule has 2 heterocycles. The lowest BCUT2D eigenvalue weighted by molar-refractivity contribution is 0.0693. The summed E-state index contributed by atoms with van der Waals surface area (Å²) in [6.07, 6.45) is 0. The van der Waals surface area contributed by atoms with Crippen LogP contribution in [0.3, 0.4) is 0 Å². The molecule has 2 atom stereocenters. The maximum atomic E-state index is 14.0. The fraction of sp³-hybridized carbons (Fsp3) is 0.286. The number of rotatable bonds is 3. The summed E-state index contributed by atoms with van der Waals surface area (Å²) in [6, 6.07) is 7.71. The van der Waals surface area contributed by atoms with Crippen molar-refractivity contribution in [2.45, 2.75) is 6.04 Å². The van der Waals surface area contributed by atoms with Crippen LogP contribution in [0.15, 0.2) is 36.4 Å². The molecule has 0 aromatic heterocycles. The van der Waals surface area contributed by atoms with Crippen LogP contribution in [0, 0.1) is 23.5 Å². The van der Waals surface area contributed by atoms with E-state index in [1.54, 1.807) is 6.07 Å². The third-order valence-corrected chi connectivity index (χ3v) is 6.09. The topological polar surface area (TPSA) is 81.8 Å². The van der Waals surface area contributed by atoms with Gasteiger partial charge in [-0.3, -0.25) is 14.5 Å². The maximum absolute atomic E-state index is 14.0. The first kappa shape index (κ1) is 18.5. The van der Waals surface area contributed by atoms with Crippen LogP contribution in [-0.4, -0.2) is 48.9 Å². The monoisotopic (exact) mass is 412 g/mol. The van der Waals surface area contributed by atoms with Crippen LogP contribution in [0.4, 0.5) is 25.0 Å². The van der Waals surface area contributed by atoms with Gasteiger partial charge in [0.15, 0.2) is 0 Å². The van der Waals surface area contributed by atoms with Crippen LogP contribution in [0.2, 0.25) is 0 Å². The Labute approximate surface area is 170 Å². The Morgan fingerprint density at radius 3 is 2.40 bits per heavy atom. The number of piperidine rings is 1. The Morgan fingerprint density at radius 1 is 1.00 bits per heavy atom. The molecule has 0 spiro atoms. The van der Waals surface area contributed by atoms with E-state index in [0.717, 1.165) is 11.0 Å². The second kappa shape index (κ2) is 6.51. The number of fused-ring (bicyclic) bond motifs is 2. The van der Waals surface area contributed by atoms with Gasteiger partial charge in [0.05, 0.1) is 16.8 Å². The van der Waals surface area contributed by atoms with Crippen LogP contribution in [-0.2, 0) is 0 Å². The summed E-state index contributed by atoms with van der Waals surface area (Å²) in [5.41, 5.74) is 1.37. The van der Waals surface area contributed by atoms with Crippen molar-refractivity contribution in [3.05, 3.63) is 59.2 Å². The van der Waals surface area contributed by atoms with Crippen molar-refractivity contribution in [2.75, 3.05) is 30.4 Å². The largest absolute Gasteiger partial charge is 0.368 e. The van der Waals surface area contributed by atoms with Crippen LogP contribution >= 0.6 is 0 Å². The van der Waals surface area contributed by atoms with Crippen molar-refractivity contribution in [3.63, 3.8) is 0 Å². The standard InChI is InChI=1S/C21H18F2N4O3/c1-26-19(28)12-4-3-11(7-13(12)20(26)29)24-21(30)25-18-14-8-27(9-15(14)18)17-5-2-10(22)6-16(17)23/h2-7,14-15,18H,8-9H2,1H3,(H2,24,25,30)/t14-,15-/m1/s1. The molecule has 3 aliphatic rings. The van der Waals surface area contributed by atoms with E-state index in [2.05, 4.69) is 10.6 Å². The minimum absolute atomic E-state index is 0.0199. The first-order chi connectivity index (χ1) is 14.3. The highest BCUT2D eigenvalue weighted by molar-refractivity contribution is 6.21. The minimum Gasteiger partial charge on any atom is -0.368 e. The molecule has 2 fully saturated rings. The summed E-state index contributed by atoms with van der Waals surface area (Å²) in [7, 11) is 1.41. The van der Waals surface area contributed by atoms with E-state index >= 15 is 0 Å². The highest BCUT2D eigenvalue weighted by atomic mass is 19.1. The summed E-state index contributed by atoms with van der Waals surface area (Å²) in [4.78, 5) is 39.3. The molecule has 9 heteroatoms. The highest BCUT2D eigenvalue weighted by Gasteiger charge is 2.56. The molecule has 154 valence electrons. The van der Waals surface area contributed by atoms with Gasteiger partial charge < -0.3 is 15.5 Å². The van der Waals surface area contributed by atoms with E-state index < -0.39 is 23.6 Å². The summed E-state index contributed by atoms with van der Waals surface area (Å²) >= 11 is 0. The molecule has 2 aliphatic heterocycles. The van der Waals surface area contributed by atoms with Gasteiger partial charge in [-0.2, -0.15) is 0 Å². The van der Waals surface area contributed by atoms with Gasteiger partial charge in [0.25, 0.3) is 11.8 Å².